The van der Waals surface area contributed by atoms with Gasteiger partial charge in [0.1, 0.15) is 17.2 Å². The zero-order valence-electron chi connectivity index (χ0n) is 24.1. The maximum absolute atomic E-state index is 12.9. The molecule has 9 heteroatoms. The third-order valence-corrected chi connectivity index (χ3v) is 9.79. The molecule has 0 aliphatic heterocycles. The molecule has 0 bridgehead atoms. The summed E-state index contributed by atoms with van der Waals surface area (Å²) in [5.41, 5.74) is 2.76. The lowest BCUT2D eigenvalue weighted by molar-refractivity contribution is -0.123. The number of benzene rings is 2. The molecule has 8 nitrogen and oxygen atoms in total. The number of aryl methyl sites for hydroxylation is 3. The number of para-hydroxylation sites is 1. The highest BCUT2D eigenvalue weighted by Gasteiger charge is 2.32. The minimum Gasteiger partial charge on any atom is -0.490 e. The maximum Gasteiger partial charge on any atom is 0.254 e. The van der Waals surface area contributed by atoms with Crippen LogP contribution in [0.1, 0.15) is 56.6 Å². The van der Waals surface area contributed by atoms with Crippen LogP contribution in [0.2, 0.25) is 0 Å². The largest absolute Gasteiger partial charge is 0.490 e. The van der Waals surface area contributed by atoms with Crippen LogP contribution in [0.3, 0.4) is 0 Å². The summed E-state index contributed by atoms with van der Waals surface area (Å²) in [6.07, 6.45) is 6.57. The summed E-state index contributed by atoms with van der Waals surface area (Å²) in [6, 6.07) is 12.3. The third-order valence-electron chi connectivity index (χ3n) is 8.05. The molecular weight excluding hydrogens is 540 g/mol. The number of hydrogen-bond acceptors (Lipinski definition) is 6. The van der Waals surface area contributed by atoms with Crippen molar-refractivity contribution in [1.29, 1.82) is 0 Å². The van der Waals surface area contributed by atoms with Gasteiger partial charge in [0, 0.05) is 42.4 Å². The van der Waals surface area contributed by atoms with Crippen molar-refractivity contribution < 1.29 is 22.7 Å². The number of rotatable bonds is 9. The summed E-state index contributed by atoms with van der Waals surface area (Å²) in [5.74, 6) is 1.84. The standard InChI is InChI=1S/C32H38N2O6S/c1-5-41(37,38)25-15-16-28(40-31-20(2)7-6-8-21(31)3)26(17-25)27-19-34(4)30(35)18-29(27)39-24-13-11-23(12-14-24)33-32(36)22-9-10-22/h6-8,15-19,22-24H,5,9-14H2,1-4H3,(H,33,36)/t23-,24-. The summed E-state index contributed by atoms with van der Waals surface area (Å²) in [4.78, 5) is 25.1. The Morgan fingerprint density at radius 1 is 0.951 bits per heavy atom. The number of ether oxygens (including phenoxy) is 2. The first-order valence-electron chi connectivity index (χ1n) is 14.3. The molecule has 2 saturated carbocycles. The average molecular weight is 579 g/mol. The second-order valence-corrected chi connectivity index (χ2v) is 13.5. The van der Waals surface area contributed by atoms with E-state index in [0.29, 0.717) is 28.4 Å². The number of pyridine rings is 1. The van der Waals surface area contributed by atoms with Crippen molar-refractivity contribution in [2.45, 2.75) is 76.3 Å². The van der Waals surface area contributed by atoms with Crippen LogP contribution >= 0.6 is 0 Å². The lowest BCUT2D eigenvalue weighted by Gasteiger charge is -2.30. The second kappa shape index (κ2) is 11.7. The maximum atomic E-state index is 12.9. The van der Waals surface area contributed by atoms with Crippen LogP contribution in [0.15, 0.2) is 58.4 Å². The number of nitrogens with one attached hydrogen (secondary N) is 1. The predicted molar refractivity (Wildman–Crippen MR) is 158 cm³/mol. The molecule has 0 atom stereocenters. The Labute approximate surface area is 241 Å². The molecule has 1 aromatic heterocycles. The second-order valence-electron chi connectivity index (χ2n) is 11.3. The van der Waals surface area contributed by atoms with Gasteiger partial charge in [0.15, 0.2) is 9.84 Å². The van der Waals surface area contributed by atoms with E-state index in [1.807, 2.05) is 32.0 Å². The van der Waals surface area contributed by atoms with Crippen LogP contribution < -0.4 is 20.3 Å². The van der Waals surface area contributed by atoms with Crippen molar-refractivity contribution in [2.24, 2.45) is 13.0 Å². The zero-order valence-corrected chi connectivity index (χ0v) is 24.9. The molecule has 1 heterocycles. The molecule has 1 amide bonds. The van der Waals surface area contributed by atoms with Crippen molar-refractivity contribution in [3.63, 3.8) is 0 Å². The van der Waals surface area contributed by atoms with Crippen LogP contribution in [0.4, 0.5) is 0 Å². The molecular formula is C32H38N2O6S. The molecule has 41 heavy (non-hydrogen) atoms. The van der Waals surface area contributed by atoms with Crippen molar-refractivity contribution >= 4 is 15.7 Å². The van der Waals surface area contributed by atoms with Crippen LogP contribution in [0, 0.1) is 19.8 Å². The number of hydrogen-bond donors (Lipinski definition) is 1. The fraction of sp³-hybridized carbons (Fsp3) is 0.438. The fourth-order valence-corrected chi connectivity index (χ4v) is 6.23. The van der Waals surface area contributed by atoms with E-state index in [-0.39, 0.29) is 40.2 Å². The fourth-order valence-electron chi connectivity index (χ4n) is 5.32. The average Bonchev–Trinajstić information content (AvgIpc) is 3.80. The highest BCUT2D eigenvalue weighted by atomic mass is 32.2. The highest BCUT2D eigenvalue weighted by Crippen LogP contribution is 2.41. The summed E-state index contributed by atoms with van der Waals surface area (Å²) >= 11 is 0. The van der Waals surface area contributed by atoms with Gasteiger partial charge in [-0.15, -0.1) is 0 Å². The summed E-state index contributed by atoms with van der Waals surface area (Å²) in [5, 5.41) is 3.16. The molecule has 5 rings (SSSR count). The van der Waals surface area contributed by atoms with Crippen LogP contribution in [-0.4, -0.2) is 36.8 Å². The Kier molecular flexibility index (Phi) is 8.27. The van der Waals surface area contributed by atoms with E-state index in [1.54, 1.807) is 38.4 Å². The zero-order chi connectivity index (χ0) is 29.3. The lowest BCUT2D eigenvalue weighted by atomic mass is 9.92. The van der Waals surface area contributed by atoms with Crippen molar-refractivity contribution in [1.82, 2.24) is 9.88 Å². The Morgan fingerprint density at radius 3 is 2.27 bits per heavy atom. The van der Waals surface area contributed by atoms with Gasteiger partial charge in [-0.1, -0.05) is 25.1 Å². The van der Waals surface area contributed by atoms with Crippen LogP contribution in [0.25, 0.3) is 11.1 Å². The van der Waals surface area contributed by atoms with Gasteiger partial charge < -0.3 is 19.4 Å². The molecule has 0 unspecified atom stereocenters. The van der Waals surface area contributed by atoms with Crippen molar-refractivity contribution in [2.75, 3.05) is 5.75 Å². The number of sulfone groups is 1. The molecule has 1 N–H and O–H groups in total. The SMILES string of the molecule is CCS(=O)(=O)c1ccc(Oc2c(C)cccc2C)c(-c2cn(C)c(=O)cc2O[C@H]2CC[C@H](NC(=O)C3CC3)CC2)c1. The minimum atomic E-state index is -3.51. The van der Waals surface area contributed by atoms with Crippen LogP contribution in [-0.2, 0) is 21.7 Å². The molecule has 218 valence electrons. The number of nitrogens with zero attached hydrogens (tertiary/aromatic N) is 1. The summed E-state index contributed by atoms with van der Waals surface area (Å²) < 4.78 is 40.1. The van der Waals surface area contributed by atoms with Gasteiger partial charge >= 0.3 is 0 Å². The Bertz CT molecular complexity index is 1600. The number of carbonyl (C=O) groups is 1. The first-order valence-corrected chi connectivity index (χ1v) is 16.0. The van der Waals surface area contributed by atoms with Gasteiger partial charge in [0.05, 0.1) is 16.8 Å². The monoisotopic (exact) mass is 578 g/mol. The summed E-state index contributed by atoms with van der Waals surface area (Å²) in [7, 11) is -1.86. The molecule has 0 spiro atoms. The van der Waals surface area contributed by atoms with E-state index in [0.717, 1.165) is 49.7 Å². The molecule has 3 aromatic rings. The van der Waals surface area contributed by atoms with E-state index < -0.39 is 9.84 Å². The number of amides is 1. The number of aromatic nitrogens is 1. The lowest BCUT2D eigenvalue weighted by Crippen LogP contribution is -2.40. The van der Waals surface area contributed by atoms with Crippen molar-refractivity contribution in [3.05, 3.63) is 70.1 Å². The molecule has 2 fully saturated rings. The van der Waals surface area contributed by atoms with Crippen LogP contribution in [0.5, 0.6) is 17.2 Å². The Balaban J connectivity index is 1.50. The highest BCUT2D eigenvalue weighted by molar-refractivity contribution is 7.91. The quantitative estimate of drug-likeness (QED) is 0.361. The van der Waals surface area contributed by atoms with Gasteiger partial charge in [-0.3, -0.25) is 9.59 Å². The first-order chi connectivity index (χ1) is 19.6. The molecule has 0 saturated heterocycles. The molecule has 2 aromatic carbocycles. The molecule has 2 aliphatic carbocycles. The molecule has 2 aliphatic rings. The third kappa shape index (κ3) is 6.50. The normalized spacial score (nSPS) is 19.0. The summed E-state index contributed by atoms with van der Waals surface area (Å²) in [6.45, 7) is 5.53. The van der Waals surface area contributed by atoms with Gasteiger partial charge in [-0.25, -0.2) is 8.42 Å². The smallest absolute Gasteiger partial charge is 0.254 e. The van der Waals surface area contributed by atoms with Gasteiger partial charge in [0.25, 0.3) is 5.56 Å². The van der Waals surface area contributed by atoms with Gasteiger partial charge in [-0.2, -0.15) is 0 Å². The number of carbonyl (C=O) groups excluding carboxylic acids is 1. The minimum absolute atomic E-state index is 0.0410. The first kappa shape index (κ1) is 28.9. The van der Waals surface area contributed by atoms with Gasteiger partial charge in [0.2, 0.25) is 5.91 Å². The Morgan fingerprint density at radius 2 is 1.63 bits per heavy atom. The molecule has 0 radical (unpaired) electrons. The van der Waals surface area contributed by atoms with E-state index in [1.165, 1.54) is 10.6 Å². The van der Waals surface area contributed by atoms with Crippen molar-refractivity contribution in [3.8, 4) is 28.4 Å². The van der Waals surface area contributed by atoms with E-state index in [9.17, 15) is 18.0 Å². The van der Waals surface area contributed by atoms with Gasteiger partial charge in [-0.05, 0) is 81.7 Å². The van der Waals surface area contributed by atoms with E-state index in [2.05, 4.69) is 5.32 Å². The topological polar surface area (TPSA) is 104 Å². The predicted octanol–water partition coefficient (Wildman–Crippen LogP) is 5.47. The van der Waals surface area contributed by atoms with E-state index >= 15 is 0 Å². The Hall–Kier alpha value is -3.59. The van der Waals surface area contributed by atoms with E-state index in [4.69, 9.17) is 9.47 Å².